The van der Waals surface area contributed by atoms with Crippen molar-refractivity contribution in [3.63, 3.8) is 0 Å². The Morgan fingerprint density at radius 1 is 0.516 bits per heavy atom. The SMILES string of the molecule is C=C1C=CN([C@@H]2O[C@]3(N=[N+]=[N-])COP(=O)(O)O[C@H]3[C@H]2F)C(=O)N1.C=C1C=CN([C@@H]2O[C@]3(N=[N+]=[N-])COP(=S)(OC(C)C)O[C@H]3C2(F)F)C(=O)N1.C=C1C=CN([C@@H]2O[C@]3(N=[N+]=[N-])COP(=S)(OC)O[C@H]3[C@H]2F)C(=O)N1.CC(C)OP1(=S)OC[C@@]2(N=[N+]=[N-])O[C@@H](n3ccc(=O)[nH]c3=O)[C@H](F)[C@@H]2O1.Cc1ccn([C@@H]2O[C@]3(N=[N+]=[N-])COP(=S)(OC(C)C)O[C@H]3[C@H]2F)c(=O)n1. The molecule has 0 spiro atoms. The van der Waals surface area contributed by atoms with Crippen molar-refractivity contribution < 1.29 is 137 Å². The number of aromatic nitrogens is 4. The zero-order valence-electron chi connectivity index (χ0n) is 65.8. The summed E-state index contributed by atoms with van der Waals surface area (Å²) in [5, 5.41) is 24.3. The summed E-state index contributed by atoms with van der Waals surface area (Å²) in [5.41, 5.74) is 33.5. The summed E-state index contributed by atoms with van der Waals surface area (Å²) in [4.78, 5) is 102. The molecule has 0 bridgehead atoms. The molecular formula is C59H72F6N25O27P5S4. The molecule has 24 atom stereocenters. The molecular weight excluding hydrogens is 1890 g/mol. The first-order valence-corrected chi connectivity index (χ1v) is 47.7. The van der Waals surface area contributed by atoms with Crippen molar-refractivity contribution in [1.29, 1.82) is 0 Å². The van der Waals surface area contributed by atoms with Crippen LogP contribution in [-0.2, 0) is 139 Å². The van der Waals surface area contributed by atoms with E-state index in [1.165, 1.54) is 50.0 Å². The number of ether oxygens (including phenoxy) is 5. The summed E-state index contributed by atoms with van der Waals surface area (Å²) in [6, 6.07) is 0.303. The molecule has 13 aliphatic rings. The number of carbonyl (C=O) groups excluding carboxylic acids is 3. The Kier molecular flexibility index (Phi) is 29.9. The van der Waals surface area contributed by atoms with Crippen molar-refractivity contribution in [3.8, 4) is 0 Å². The lowest BCUT2D eigenvalue weighted by Crippen LogP contribution is -2.54. The number of fused-ring (bicyclic) bond motifs is 5. The number of phosphoric acid groups is 1. The number of urea groups is 3. The van der Waals surface area contributed by atoms with Crippen LogP contribution in [0.4, 0.5) is 40.7 Å². The van der Waals surface area contributed by atoms with Gasteiger partial charge in [0.25, 0.3) is 5.56 Å². The number of nitrogens with zero attached hydrogens (tertiary/aromatic N) is 21. The molecule has 10 saturated heterocycles. The van der Waals surface area contributed by atoms with E-state index in [1.807, 2.05) is 4.98 Å². The van der Waals surface area contributed by atoms with E-state index in [0.717, 1.165) is 37.4 Å². The van der Waals surface area contributed by atoms with Gasteiger partial charge in [-0.3, -0.25) is 60.8 Å². The molecule has 15 rings (SSSR count). The summed E-state index contributed by atoms with van der Waals surface area (Å²) >= 11 is 20.7. The average Bonchev–Trinajstić information content (AvgIpc) is 1.56. The monoisotopic (exact) mass is 1960 g/mol. The lowest BCUT2D eigenvalue weighted by Gasteiger charge is -2.39. The van der Waals surface area contributed by atoms with Crippen molar-refractivity contribution in [2.45, 2.75) is 188 Å². The number of azide groups is 5. The van der Waals surface area contributed by atoms with E-state index >= 15 is 17.6 Å². The van der Waals surface area contributed by atoms with Crippen LogP contribution in [0.15, 0.2) is 138 Å². The first-order chi connectivity index (χ1) is 59.0. The lowest BCUT2D eigenvalue weighted by molar-refractivity contribution is -0.145. The maximum Gasteiger partial charge on any atom is 0.472 e. The van der Waals surface area contributed by atoms with Gasteiger partial charge in [0.1, 0.15) is 24.4 Å². The number of hydrogen-bond acceptors (Lipinski definition) is 36. The zero-order valence-corrected chi connectivity index (χ0v) is 73.6. The Morgan fingerprint density at radius 3 is 1.25 bits per heavy atom. The van der Waals surface area contributed by atoms with Crippen LogP contribution >= 0.6 is 34.7 Å². The standard InChI is InChI=1S/C13H16F2N5O5PS.C13H17FN5O5PS.C12H15FN5O6PS.C11H13FN5O5PS.C10H11FN5O6P/c1-7(2)24-26(27)22-6-12(18-19-16)9(25-26)13(14,15)10(23-12)20-5-4-8(3)17-11(20)21;1-7(2)23-25(26)21-6-13(17-18-15)10(24-25)9(14)11(22-13)19-5-4-8(3)16-12(19)20;1-6(2)23-25(26)21-5-12(16-17-14)9(24-25)8(13)10(22-12)18-4-3-7(19)15-11(18)20;1-6-3-4-17(10(18)14-6)9-7(12)8-11(21-9,15-16-13)5-20-23(24,19-2)22-8;1-5-2-3-16(9(17)13-5)8-6(11)7-10(21-8,14-15-12)4-20-23(18,19)22-7/h4-5,7,9-10H,3,6H2,1-2H3,(H,17,21);4-5,7,9-11H,6H2,1-3H3;3-4,6,8-10H,5H2,1-2H3,(H,15,19,20);3-4,7-9H,1,5H2,2H3,(H,14,18);2-3,6-8H,1,4H2,(H,13,17)(H,18,19)/t9-,10-,12-,26?;9-,10+,11-,13-,25?;8-,9+,10-,12-,25?;7-,8+,9-,11-,23?;6-,7+,8-,10-/m11111/s1. The van der Waals surface area contributed by atoms with Gasteiger partial charge in [0.05, 0.1) is 51.3 Å². The second kappa shape index (κ2) is 38.2. The number of nitrogens with one attached hydrogen (secondary N) is 4. The largest absolute Gasteiger partial charge is 0.472 e. The van der Waals surface area contributed by atoms with Gasteiger partial charge < -0.3 is 80.7 Å². The van der Waals surface area contributed by atoms with Gasteiger partial charge in [-0.15, -0.1) is 0 Å². The topological polar surface area (TPSA) is 643 Å². The number of hydrogen-bond donors (Lipinski definition) is 5. The van der Waals surface area contributed by atoms with Gasteiger partial charge in [0.15, 0.2) is 55.7 Å². The first-order valence-electron chi connectivity index (χ1n) is 35.9. The molecule has 0 aromatic carbocycles. The van der Waals surface area contributed by atoms with E-state index in [1.54, 1.807) is 48.5 Å². The highest BCUT2D eigenvalue weighted by molar-refractivity contribution is 8.08. The highest BCUT2D eigenvalue weighted by Crippen LogP contribution is 2.66. The molecule has 686 valence electrons. The van der Waals surface area contributed by atoms with Crippen LogP contribution in [0, 0.1) is 6.92 Å². The molecule has 126 heavy (non-hydrogen) atoms. The Morgan fingerprint density at radius 2 is 0.857 bits per heavy atom. The van der Waals surface area contributed by atoms with E-state index in [-0.39, 0.29) is 31.1 Å². The van der Waals surface area contributed by atoms with E-state index in [2.05, 4.69) is 99.8 Å². The molecule has 5 unspecified atom stereocenters. The Bertz CT molecular complexity index is 5500. The molecule has 13 aliphatic heterocycles. The van der Waals surface area contributed by atoms with E-state index < -0.39 is 217 Å². The van der Waals surface area contributed by atoms with Gasteiger partial charge in [-0.1, -0.05) is 45.3 Å². The summed E-state index contributed by atoms with van der Waals surface area (Å²) in [6.45, 7) is 6.70. The van der Waals surface area contributed by atoms with E-state index in [0.29, 0.717) is 22.0 Å². The third-order valence-corrected chi connectivity index (χ3v) is 29.0. The molecule has 52 nitrogen and oxygen atoms in total. The minimum Gasteiger partial charge on any atom is -0.337 e. The summed E-state index contributed by atoms with van der Waals surface area (Å²) in [6.07, 6.45) is -14.6. The van der Waals surface area contributed by atoms with Gasteiger partial charge in [-0.2, -0.15) is 13.8 Å². The van der Waals surface area contributed by atoms with Crippen LogP contribution in [0.25, 0.3) is 52.2 Å². The van der Waals surface area contributed by atoms with Crippen molar-refractivity contribution >= 4 is 100 Å². The minimum atomic E-state index is -4.51. The fourth-order valence-electron chi connectivity index (χ4n) is 13.1. The number of phosphoric ester groups is 1. The molecule has 10 fully saturated rings. The molecule has 2 aromatic rings. The van der Waals surface area contributed by atoms with Crippen molar-refractivity contribution in [2.24, 2.45) is 25.6 Å². The third-order valence-electron chi connectivity index (χ3n) is 18.4. The maximum absolute atomic E-state index is 15.2. The van der Waals surface area contributed by atoms with Crippen LogP contribution in [0.3, 0.4) is 0 Å². The van der Waals surface area contributed by atoms with Gasteiger partial charge in [-0.25, -0.2) is 46.1 Å². The zero-order chi connectivity index (χ0) is 92.6. The predicted octanol–water partition coefficient (Wildman–Crippen LogP) is 10.3. The summed E-state index contributed by atoms with van der Waals surface area (Å²) in [5.74, 6) is -3.79. The predicted molar refractivity (Wildman–Crippen MR) is 426 cm³/mol. The number of allylic oxidation sites excluding steroid dienone is 3. The van der Waals surface area contributed by atoms with Crippen LogP contribution < -0.4 is 32.9 Å². The molecule has 6 amide bonds. The number of rotatable bonds is 17. The van der Waals surface area contributed by atoms with Crippen molar-refractivity contribution in [1.82, 2.24) is 49.8 Å². The smallest absolute Gasteiger partial charge is 0.337 e. The Balaban J connectivity index is 0.000000153. The number of halogens is 6. The number of alkyl halides is 6. The van der Waals surface area contributed by atoms with Crippen LogP contribution in [0.5, 0.6) is 0 Å². The highest BCUT2D eigenvalue weighted by Gasteiger charge is 2.74. The fourth-order valence-corrected chi connectivity index (χ4v) is 23.3. The van der Waals surface area contributed by atoms with Gasteiger partial charge in [-0.05, 0) is 148 Å². The molecule has 5 N–H and O–H groups in total. The molecule has 67 heteroatoms. The van der Waals surface area contributed by atoms with Crippen LogP contribution in [-0.4, -0.2) is 224 Å². The number of amides is 6. The summed E-state index contributed by atoms with van der Waals surface area (Å²) in [7, 11) is -3.23. The Hall–Kier alpha value is -8.03. The number of carbonyl (C=O) groups is 3. The van der Waals surface area contributed by atoms with Crippen molar-refractivity contribution in [2.75, 3.05) is 40.1 Å². The highest BCUT2D eigenvalue weighted by atomic mass is 32.5. The quantitative estimate of drug-likeness (QED) is 0.0323. The maximum atomic E-state index is 15.2. The fraction of sp³-hybridized carbons (Fsp3) is 0.610. The van der Waals surface area contributed by atoms with Crippen molar-refractivity contribution in [3.05, 3.63) is 187 Å². The average molecular weight is 1960 g/mol. The summed E-state index contributed by atoms with van der Waals surface area (Å²) < 4.78 is 205. The Labute approximate surface area is 724 Å². The van der Waals surface area contributed by atoms with Crippen LogP contribution in [0.1, 0.15) is 59.7 Å². The van der Waals surface area contributed by atoms with Gasteiger partial charge in [0.2, 0.25) is 34.9 Å². The number of aromatic amines is 1. The molecule has 0 radical (unpaired) electrons. The molecule has 0 saturated carbocycles. The normalized spacial score (nSPS) is 38.9. The number of aryl methyl sites for hydroxylation is 1. The number of H-pyrrole nitrogens is 1. The first kappa shape index (κ1) is 98.6. The van der Waals surface area contributed by atoms with Gasteiger partial charge in [0, 0.05) is 91.5 Å². The molecule has 0 aliphatic carbocycles. The van der Waals surface area contributed by atoms with E-state index in [4.69, 9.17) is 153 Å². The third kappa shape index (κ3) is 20.4. The molecule has 15 heterocycles. The molecule has 2 aromatic heterocycles. The second-order valence-corrected chi connectivity index (χ2v) is 41.5. The van der Waals surface area contributed by atoms with Crippen LogP contribution in [0.2, 0.25) is 0 Å². The second-order valence-electron chi connectivity index (χ2n) is 28.3. The lowest BCUT2D eigenvalue weighted by atomic mass is 10.0. The minimum absolute atomic E-state index is 0.222. The van der Waals surface area contributed by atoms with Gasteiger partial charge >= 0.3 is 70.1 Å². The van der Waals surface area contributed by atoms with E-state index in [9.17, 15) is 47.0 Å².